The lowest BCUT2D eigenvalue weighted by atomic mass is 9.86. The number of nitrogens with zero attached hydrogens (tertiary/aromatic N) is 2. The molecule has 0 saturated heterocycles. The van der Waals surface area contributed by atoms with Crippen molar-refractivity contribution in [2.24, 2.45) is 0 Å². The van der Waals surface area contributed by atoms with E-state index in [9.17, 15) is 5.26 Å². The van der Waals surface area contributed by atoms with E-state index in [2.05, 4.69) is 44.0 Å². The molecule has 3 aromatic rings. The van der Waals surface area contributed by atoms with Gasteiger partial charge in [-0.05, 0) is 46.9 Å². The molecule has 0 fully saturated rings. The number of hydrogen-bond acceptors (Lipinski definition) is 4. The molecule has 4 heteroatoms. The second-order valence-electron chi connectivity index (χ2n) is 7.48. The molecule has 136 valence electrons. The first-order valence-electron chi connectivity index (χ1n) is 8.79. The normalized spacial score (nSPS) is 11.1. The summed E-state index contributed by atoms with van der Waals surface area (Å²) in [4.78, 5) is 4.43. The number of nitriles is 1. The zero-order valence-corrected chi connectivity index (χ0v) is 16.1. The van der Waals surface area contributed by atoms with Crippen molar-refractivity contribution in [3.05, 3.63) is 65.7 Å². The Morgan fingerprint density at radius 1 is 0.963 bits per heavy atom. The van der Waals surface area contributed by atoms with Crippen molar-refractivity contribution in [2.75, 3.05) is 12.8 Å². The van der Waals surface area contributed by atoms with Crippen molar-refractivity contribution in [3.8, 4) is 34.2 Å². The van der Waals surface area contributed by atoms with Gasteiger partial charge in [0, 0.05) is 11.1 Å². The fourth-order valence-corrected chi connectivity index (χ4v) is 2.97. The quantitative estimate of drug-likeness (QED) is 0.701. The lowest BCUT2D eigenvalue weighted by molar-refractivity contribution is 0.415. The van der Waals surface area contributed by atoms with Crippen molar-refractivity contribution < 1.29 is 4.74 Å². The van der Waals surface area contributed by atoms with Gasteiger partial charge in [-0.1, -0.05) is 45.0 Å². The van der Waals surface area contributed by atoms with Crippen LogP contribution in [0.4, 0.5) is 5.82 Å². The standard InChI is InChI=1S/C23H23N3O/c1-23(2,3)17-9-5-15(6-10-17)19-13-21(26-22(25)20(19)14-24)16-7-11-18(27-4)12-8-16/h5-13H,1-4H3,(H2,25,26). The predicted molar refractivity (Wildman–Crippen MR) is 109 cm³/mol. The zero-order valence-electron chi connectivity index (χ0n) is 16.1. The second kappa shape index (κ2) is 7.13. The van der Waals surface area contributed by atoms with Crippen LogP contribution in [0.1, 0.15) is 31.9 Å². The predicted octanol–water partition coefficient (Wildman–Crippen LogP) is 5.18. The Morgan fingerprint density at radius 2 is 1.56 bits per heavy atom. The maximum absolute atomic E-state index is 9.59. The summed E-state index contributed by atoms with van der Waals surface area (Å²) >= 11 is 0. The molecule has 0 aliphatic rings. The van der Waals surface area contributed by atoms with Crippen molar-refractivity contribution in [1.82, 2.24) is 4.98 Å². The summed E-state index contributed by atoms with van der Waals surface area (Å²) in [5.74, 6) is 1.01. The van der Waals surface area contributed by atoms with Crippen LogP contribution in [0, 0.1) is 11.3 Å². The number of pyridine rings is 1. The summed E-state index contributed by atoms with van der Waals surface area (Å²) in [5.41, 5.74) is 11.2. The van der Waals surface area contributed by atoms with E-state index in [-0.39, 0.29) is 11.2 Å². The Balaban J connectivity index is 2.11. The highest BCUT2D eigenvalue weighted by Gasteiger charge is 2.16. The van der Waals surface area contributed by atoms with E-state index in [0.717, 1.165) is 28.1 Å². The maximum atomic E-state index is 9.59. The molecule has 2 aromatic carbocycles. The molecule has 2 N–H and O–H groups in total. The Kier molecular flexibility index (Phi) is 4.87. The smallest absolute Gasteiger partial charge is 0.142 e. The topological polar surface area (TPSA) is 71.9 Å². The Morgan fingerprint density at radius 3 is 2.07 bits per heavy atom. The van der Waals surface area contributed by atoms with E-state index in [4.69, 9.17) is 10.5 Å². The van der Waals surface area contributed by atoms with Crippen LogP contribution in [0.25, 0.3) is 22.4 Å². The number of nitrogen functional groups attached to an aromatic ring is 1. The van der Waals surface area contributed by atoms with Crippen LogP contribution in [0.3, 0.4) is 0 Å². The lowest BCUT2D eigenvalue weighted by Gasteiger charge is -2.19. The Bertz CT molecular complexity index is 992. The molecule has 0 aliphatic heterocycles. The minimum Gasteiger partial charge on any atom is -0.497 e. The largest absolute Gasteiger partial charge is 0.497 e. The van der Waals surface area contributed by atoms with Crippen molar-refractivity contribution in [1.29, 1.82) is 5.26 Å². The average Bonchev–Trinajstić information content (AvgIpc) is 2.67. The summed E-state index contributed by atoms with van der Waals surface area (Å²) in [7, 11) is 1.63. The van der Waals surface area contributed by atoms with Crippen LogP contribution in [0.2, 0.25) is 0 Å². The van der Waals surface area contributed by atoms with Gasteiger partial charge in [0.2, 0.25) is 0 Å². The first-order chi connectivity index (χ1) is 12.8. The van der Waals surface area contributed by atoms with Gasteiger partial charge in [-0.15, -0.1) is 0 Å². The molecule has 0 radical (unpaired) electrons. The van der Waals surface area contributed by atoms with Gasteiger partial charge in [0.15, 0.2) is 0 Å². The summed E-state index contributed by atoms with van der Waals surface area (Å²) < 4.78 is 5.21. The van der Waals surface area contributed by atoms with Crippen LogP contribution < -0.4 is 10.5 Å². The van der Waals surface area contributed by atoms with E-state index >= 15 is 0 Å². The third-order valence-corrected chi connectivity index (χ3v) is 4.61. The summed E-state index contributed by atoms with van der Waals surface area (Å²) in [6, 6.07) is 20.0. The van der Waals surface area contributed by atoms with Gasteiger partial charge in [-0.25, -0.2) is 4.98 Å². The Labute approximate surface area is 160 Å². The highest BCUT2D eigenvalue weighted by molar-refractivity contribution is 5.80. The first kappa shape index (κ1) is 18.5. The lowest BCUT2D eigenvalue weighted by Crippen LogP contribution is -2.10. The van der Waals surface area contributed by atoms with Crippen molar-refractivity contribution in [3.63, 3.8) is 0 Å². The van der Waals surface area contributed by atoms with E-state index < -0.39 is 0 Å². The number of benzene rings is 2. The average molecular weight is 357 g/mol. The summed E-state index contributed by atoms with van der Waals surface area (Å²) in [6.07, 6.45) is 0. The molecular formula is C23H23N3O. The summed E-state index contributed by atoms with van der Waals surface area (Å²) in [5, 5.41) is 9.59. The van der Waals surface area contributed by atoms with Gasteiger partial charge in [-0.3, -0.25) is 0 Å². The molecule has 3 rings (SSSR count). The van der Waals surface area contributed by atoms with Crippen molar-refractivity contribution >= 4 is 5.82 Å². The molecule has 0 amide bonds. The first-order valence-corrected chi connectivity index (χ1v) is 8.79. The fourth-order valence-electron chi connectivity index (χ4n) is 2.97. The zero-order chi connectivity index (χ0) is 19.6. The molecule has 1 heterocycles. The van der Waals surface area contributed by atoms with Gasteiger partial charge in [-0.2, -0.15) is 5.26 Å². The van der Waals surface area contributed by atoms with E-state index in [1.54, 1.807) is 7.11 Å². The second-order valence-corrected chi connectivity index (χ2v) is 7.48. The van der Waals surface area contributed by atoms with Crippen LogP contribution >= 0.6 is 0 Å². The highest BCUT2D eigenvalue weighted by Crippen LogP contribution is 2.33. The molecule has 0 saturated carbocycles. The molecule has 0 atom stereocenters. The van der Waals surface area contributed by atoms with Gasteiger partial charge in [0.05, 0.1) is 12.8 Å². The minimum atomic E-state index is 0.0715. The van der Waals surface area contributed by atoms with Crippen LogP contribution in [-0.4, -0.2) is 12.1 Å². The van der Waals surface area contributed by atoms with Crippen LogP contribution in [-0.2, 0) is 5.41 Å². The van der Waals surface area contributed by atoms with Crippen LogP contribution in [0.5, 0.6) is 5.75 Å². The number of nitrogens with two attached hydrogens (primary N) is 1. The molecule has 1 aromatic heterocycles. The van der Waals surface area contributed by atoms with E-state index in [0.29, 0.717) is 5.56 Å². The molecule has 0 unspecified atom stereocenters. The highest BCUT2D eigenvalue weighted by atomic mass is 16.5. The molecular weight excluding hydrogens is 334 g/mol. The number of ether oxygens (including phenoxy) is 1. The number of aromatic nitrogens is 1. The van der Waals surface area contributed by atoms with Crippen LogP contribution in [0.15, 0.2) is 54.6 Å². The van der Waals surface area contributed by atoms with E-state index in [1.807, 2.05) is 42.5 Å². The van der Waals surface area contributed by atoms with Gasteiger partial charge in [0.1, 0.15) is 23.2 Å². The van der Waals surface area contributed by atoms with Gasteiger partial charge in [0.25, 0.3) is 0 Å². The molecule has 0 aliphatic carbocycles. The monoisotopic (exact) mass is 357 g/mol. The SMILES string of the molecule is COc1ccc(-c2cc(-c3ccc(C(C)(C)C)cc3)c(C#N)c(N)n2)cc1. The molecule has 0 bridgehead atoms. The van der Waals surface area contributed by atoms with Gasteiger partial charge < -0.3 is 10.5 Å². The number of methoxy groups -OCH3 is 1. The van der Waals surface area contributed by atoms with Gasteiger partial charge >= 0.3 is 0 Å². The Hall–Kier alpha value is -3.32. The maximum Gasteiger partial charge on any atom is 0.142 e. The number of rotatable bonds is 3. The summed E-state index contributed by atoms with van der Waals surface area (Å²) in [6.45, 7) is 6.53. The number of hydrogen-bond donors (Lipinski definition) is 1. The molecule has 4 nitrogen and oxygen atoms in total. The third-order valence-electron chi connectivity index (χ3n) is 4.61. The fraction of sp³-hybridized carbons (Fsp3) is 0.217. The third kappa shape index (κ3) is 3.78. The van der Waals surface area contributed by atoms with E-state index in [1.165, 1.54) is 5.56 Å². The molecule has 27 heavy (non-hydrogen) atoms. The molecule has 0 spiro atoms. The van der Waals surface area contributed by atoms with Crippen molar-refractivity contribution in [2.45, 2.75) is 26.2 Å². The minimum absolute atomic E-state index is 0.0715. The number of anilines is 1.